The average molecular weight is 183 g/mol. The first kappa shape index (κ1) is 9.21. The SMILES string of the molecule is CC(C)[P+](=O)Oc1ccccc1. The average Bonchev–Trinajstić information content (AvgIpc) is 2.06. The van der Waals surface area contributed by atoms with Gasteiger partial charge in [0.25, 0.3) is 0 Å². The lowest BCUT2D eigenvalue weighted by molar-refractivity contribution is 0.497. The summed E-state index contributed by atoms with van der Waals surface area (Å²) in [6.45, 7) is 3.75. The largest absolute Gasteiger partial charge is 0.558 e. The number of hydrogen-bond donors (Lipinski definition) is 0. The number of para-hydroxylation sites is 1. The second-order valence-corrected chi connectivity index (χ2v) is 4.57. The van der Waals surface area contributed by atoms with Crippen LogP contribution in [0.5, 0.6) is 5.75 Å². The number of benzene rings is 1. The second kappa shape index (κ2) is 4.22. The Labute approximate surface area is 73.4 Å². The van der Waals surface area contributed by atoms with E-state index in [0.717, 1.165) is 0 Å². The quantitative estimate of drug-likeness (QED) is 0.672. The van der Waals surface area contributed by atoms with Crippen molar-refractivity contribution >= 4 is 8.03 Å². The lowest BCUT2D eigenvalue weighted by Gasteiger charge is -1.93. The van der Waals surface area contributed by atoms with Crippen molar-refractivity contribution in [3.05, 3.63) is 30.3 Å². The van der Waals surface area contributed by atoms with Gasteiger partial charge >= 0.3 is 8.03 Å². The molecule has 0 aromatic heterocycles. The van der Waals surface area contributed by atoms with E-state index in [1.54, 1.807) is 12.1 Å². The van der Waals surface area contributed by atoms with Gasteiger partial charge in [0.15, 0.2) is 11.4 Å². The number of hydrogen-bond acceptors (Lipinski definition) is 2. The molecule has 0 aliphatic carbocycles. The fourth-order valence-corrected chi connectivity index (χ4v) is 1.23. The summed E-state index contributed by atoms with van der Waals surface area (Å²) in [4.78, 5) is 0. The van der Waals surface area contributed by atoms with Gasteiger partial charge in [-0.1, -0.05) is 18.2 Å². The van der Waals surface area contributed by atoms with Crippen molar-refractivity contribution in [2.24, 2.45) is 0 Å². The molecule has 0 aliphatic rings. The van der Waals surface area contributed by atoms with Crippen molar-refractivity contribution in [3.63, 3.8) is 0 Å². The van der Waals surface area contributed by atoms with Crippen LogP contribution in [0.4, 0.5) is 0 Å². The Morgan fingerprint density at radius 1 is 1.25 bits per heavy atom. The minimum absolute atomic E-state index is 0.0696. The molecule has 0 amide bonds. The summed E-state index contributed by atoms with van der Waals surface area (Å²) in [5, 5.41) is 0. The molecular weight excluding hydrogens is 171 g/mol. The molecule has 3 heteroatoms. The molecule has 1 aromatic rings. The van der Waals surface area contributed by atoms with Crippen LogP contribution in [-0.2, 0) is 4.57 Å². The first-order chi connectivity index (χ1) is 5.70. The summed E-state index contributed by atoms with van der Waals surface area (Å²) in [5.41, 5.74) is 0.0696. The minimum Gasteiger partial charge on any atom is -0.254 e. The first-order valence-electron chi connectivity index (χ1n) is 3.89. The van der Waals surface area contributed by atoms with Crippen LogP contribution in [0.3, 0.4) is 0 Å². The zero-order chi connectivity index (χ0) is 8.97. The zero-order valence-corrected chi connectivity index (χ0v) is 8.12. The van der Waals surface area contributed by atoms with Gasteiger partial charge in [-0.2, -0.15) is 0 Å². The maximum Gasteiger partial charge on any atom is 0.558 e. The van der Waals surface area contributed by atoms with Crippen LogP contribution in [0.15, 0.2) is 30.3 Å². The van der Waals surface area contributed by atoms with Crippen molar-refractivity contribution in [2.75, 3.05) is 0 Å². The Bertz CT molecular complexity index is 256. The van der Waals surface area contributed by atoms with Gasteiger partial charge in [0.05, 0.1) is 0 Å². The summed E-state index contributed by atoms with van der Waals surface area (Å²) in [6, 6.07) is 9.22. The molecule has 0 saturated heterocycles. The third-order valence-corrected chi connectivity index (χ3v) is 2.59. The summed E-state index contributed by atoms with van der Waals surface area (Å²) in [7, 11) is -1.57. The Kier molecular flexibility index (Phi) is 3.24. The third-order valence-electron chi connectivity index (χ3n) is 1.36. The maximum absolute atomic E-state index is 11.2. The fourth-order valence-electron chi connectivity index (χ4n) is 0.691. The highest BCUT2D eigenvalue weighted by Gasteiger charge is 2.23. The van der Waals surface area contributed by atoms with Gasteiger partial charge in [-0.25, -0.2) is 0 Å². The van der Waals surface area contributed by atoms with E-state index in [1.807, 2.05) is 32.0 Å². The van der Waals surface area contributed by atoms with E-state index in [1.165, 1.54) is 0 Å². The third kappa shape index (κ3) is 2.63. The Hall–Kier alpha value is -0.880. The molecule has 0 spiro atoms. The first-order valence-corrected chi connectivity index (χ1v) is 5.14. The van der Waals surface area contributed by atoms with E-state index in [4.69, 9.17) is 4.52 Å². The highest BCUT2D eigenvalue weighted by Crippen LogP contribution is 2.30. The molecule has 2 nitrogen and oxygen atoms in total. The molecule has 0 saturated carbocycles. The van der Waals surface area contributed by atoms with Gasteiger partial charge in [-0.05, 0) is 30.5 Å². The number of rotatable bonds is 3. The van der Waals surface area contributed by atoms with Gasteiger partial charge < -0.3 is 0 Å². The highest BCUT2D eigenvalue weighted by molar-refractivity contribution is 7.40. The standard InChI is InChI=1S/C9H12O2P/c1-8(2)12(10)11-9-6-4-3-5-7-9/h3-8H,1-2H3/q+1. The molecule has 0 N–H and O–H groups in total. The van der Waals surface area contributed by atoms with Crippen LogP contribution in [0.25, 0.3) is 0 Å². The molecular formula is C9H12O2P+. The fraction of sp³-hybridized carbons (Fsp3) is 0.333. The summed E-state index contributed by atoms with van der Waals surface area (Å²) >= 11 is 0. The van der Waals surface area contributed by atoms with Crippen molar-refractivity contribution in [1.29, 1.82) is 0 Å². The Morgan fingerprint density at radius 3 is 2.33 bits per heavy atom. The van der Waals surface area contributed by atoms with Crippen LogP contribution in [0.1, 0.15) is 13.8 Å². The monoisotopic (exact) mass is 183 g/mol. The van der Waals surface area contributed by atoms with Crippen LogP contribution < -0.4 is 4.52 Å². The van der Waals surface area contributed by atoms with Crippen LogP contribution in [0, 0.1) is 0 Å². The van der Waals surface area contributed by atoms with Gasteiger partial charge in [0.2, 0.25) is 0 Å². The maximum atomic E-state index is 11.2. The lowest BCUT2D eigenvalue weighted by Crippen LogP contribution is -1.91. The molecule has 1 aromatic carbocycles. The smallest absolute Gasteiger partial charge is 0.254 e. The molecule has 0 fully saturated rings. The van der Waals surface area contributed by atoms with Gasteiger partial charge in [0.1, 0.15) is 0 Å². The summed E-state index contributed by atoms with van der Waals surface area (Å²) in [5.74, 6) is 0.673. The van der Waals surface area contributed by atoms with Crippen molar-refractivity contribution in [3.8, 4) is 5.75 Å². The second-order valence-electron chi connectivity index (χ2n) is 2.78. The van der Waals surface area contributed by atoms with E-state index in [0.29, 0.717) is 5.75 Å². The molecule has 0 radical (unpaired) electrons. The molecule has 0 heterocycles. The summed E-state index contributed by atoms with van der Waals surface area (Å²) < 4.78 is 16.4. The molecule has 1 atom stereocenters. The van der Waals surface area contributed by atoms with Gasteiger partial charge in [-0.15, -0.1) is 0 Å². The van der Waals surface area contributed by atoms with Crippen LogP contribution >= 0.6 is 8.03 Å². The van der Waals surface area contributed by atoms with Crippen LogP contribution in [0.2, 0.25) is 0 Å². The minimum atomic E-state index is -1.57. The predicted molar refractivity (Wildman–Crippen MR) is 49.8 cm³/mol. The van der Waals surface area contributed by atoms with Gasteiger partial charge in [0, 0.05) is 0 Å². The van der Waals surface area contributed by atoms with E-state index < -0.39 is 8.03 Å². The van der Waals surface area contributed by atoms with Gasteiger partial charge in [-0.3, -0.25) is 4.52 Å². The predicted octanol–water partition coefficient (Wildman–Crippen LogP) is 3.22. The molecule has 12 heavy (non-hydrogen) atoms. The molecule has 64 valence electrons. The van der Waals surface area contributed by atoms with E-state index in [9.17, 15) is 4.57 Å². The molecule has 0 bridgehead atoms. The van der Waals surface area contributed by atoms with E-state index >= 15 is 0 Å². The Balaban J connectivity index is 2.59. The van der Waals surface area contributed by atoms with Crippen molar-refractivity contribution in [2.45, 2.75) is 19.5 Å². The molecule has 1 unspecified atom stereocenters. The van der Waals surface area contributed by atoms with Crippen molar-refractivity contribution < 1.29 is 9.09 Å². The van der Waals surface area contributed by atoms with Crippen molar-refractivity contribution in [1.82, 2.24) is 0 Å². The van der Waals surface area contributed by atoms with E-state index in [-0.39, 0.29) is 5.66 Å². The van der Waals surface area contributed by atoms with E-state index in [2.05, 4.69) is 0 Å². The lowest BCUT2D eigenvalue weighted by atomic mass is 10.3. The highest BCUT2D eigenvalue weighted by atomic mass is 31.1. The molecule has 1 rings (SSSR count). The summed E-state index contributed by atoms with van der Waals surface area (Å²) in [6.07, 6.45) is 0. The molecule has 0 aliphatic heterocycles. The Morgan fingerprint density at radius 2 is 1.83 bits per heavy atom. The normalized spacial score (nSPS) is 11.4. The topological polar surface area (TPSA) is 26.3 Å². The zero-order valence-electron chi connectivity index (χ0n) is 7.23. The van der Waals surface area contributed by atoms with Crippen LogP contribution in [-0.4, -0.2) is 5.66 Å².